The fourth-order valence-electron chi connectivity index (χ4n) is 6.64. The molecule has 4 aromatic rings. The van der Waals surface area contributed by atoms with Crippen molar-refractivity contribution in [3.63, 3.8) is 0 Å². The van der Waals surface area contributed by atoms with Crippen LogP contribution in [0.15, 0.2) is 83.8 Å². The van der Waals surface area contributed by atoms with E-state index in [1.54, 1.807) is 12.3 Å². The Kier molecular flexibility index (Phi) is 3.92. The molecule has 8 rings (SSSR count). The Hall–Kier alpha value is -3.73. The molecule has 3 aromatic carbocycles. The van der Waals surface area contributed by atoms with Crippen LogP contribution in [0.1, 0.15) is 34.1 Å². The maximum absolute atomic E-state index is 13.4. The average Bonchev–Trinajstić information content (AvgIpc) is 3.32. The molecule has 162 valence electrons. The molecule has 5 nitrogen and oxygen atoms in total. The van der Waals surface area contributed by atoms with Gasteiger partial charge in [-0.1, -0.05) is 66.7 Å². The third-order valence-electron chi connectivity index (χ3n) is 8.00. The van der Waals surface area contributed by atoms with Gasteiger partial charge in [-0.2, -0.15) is 5.10 Å². The van der Waals surface area contributed by atoms with E-state index in [0.717, 1.165) is 18.5 Å². The van der Waals surface area contributed by atoms with Crippen LogP contribution in [0.2, 0.25) is 0 Å². The van der Waals surface area contributed by atoms with Crippen LogP contribution >= 0.6 is 0 Å². The van der Waals surface area contributed by atoms with Crippen LogP contribution in [0.5, 0.6) is 0 Å². The maximum Gasteiger partial charge on any atom is 0.275 e. The molecule has 1 aromatic heterocycles. The van der Waals surface area contributed by atoms with Crippen molar-refractivity contribution in [2.24, 2.45) is 11.8 Å². The SMILES string of the molecule is O=C(Cn1ncc2ccccc2c1=O)N1CC2C3c4ccccc4C(c4ccccc43)C2C1. The standard InChI is InChI=1S/C28H23N3O2/c32-25(16-31-28(33)18-8-2-1-7-17(18)13-29-31)30-14-23-24(15-30)27-20-10-4-3-9-19(20)26(23)21-11-5-6-12-22(21)27/h1-13,23-24,26-27H,14-16H2. The lowest BCUT2D eigenvalue weighted by atomic mass is 9.55. The first-order chi connectivity index (χ1) is 16.2. The van der Waals surface area contributed by atoms with Gasteiger partial charge in [-0.25, -0.2) is 4.68 Å². The molecule has 1 saturated heterocycles. The summed E-state index contributed by atoms with van der Waals surface area (Å²) >= 11 is 0. The van der Waals surface area contributed by atoms with Crippen molar-refractivity contribution in [1.82, 2.24) is 14.7 Å². The third-order valence-corrected chi connectivity index (χ3v) is 8.00. The van der Waals surface area contributed by atoms with E-state index in [2.05, 4.69) is 53.6 Å². The lowest BCUT2D eigenvalue weighted by molar-refractivity contribution is -0.131. The Bertz CT molecular complexity index is 1380. The molecule has 33 heavy (non-hydrogen) atoms. The van der Waals surface area contributed by atoms with E-state index < -0.39 is 0 Å². The Morgan fingerprint density at radius 2 is 1.30 bits per heavy atom. The fourth-order valence-corrected chi connectivity index (χ4v) is 6.64. The normalized spacial score (nSPS) is 24.4. The molecular formula is C28H23N3O2. The van der Waals surface area contributed by atoms with Crippen molar-refractivity contribution in [1.29, 1.82) is 0 Å². The molecular weight excluding hydrogens is 410 g/mol. The second kappa shape index (κ2) is 6.88. The van der Waals surface area contributed by atoms with E-state index in [4.69, 9.17) is 0 Å². The molecule has 0 N–H and O–H groups in total. The second-order valence-electron chi connectivity index (χ2n) is 9.53. The van der Waals surface area contributed by atoms with Crippen LogP contribution in [0.3, 0.4) is 0 Å². The maximum atomic E-state index is 13.4. The molecule has 2 unspecified atom stereocenters. The largest absolute Gasteiger partial charge is 0.340 e. The predicted molar refractivity (Wildman–Crippen MR) is 126 cm³/mol. The minimum absolute atomic E-state index is 0.0155. The highest BCUT2D eigenvalue weighted by molar-refractivity contribution is 5.81. The van der Waals surface area contributed by atoms with E-state index in [9.17, 15) is 9.59 Å². The van der Waals surface area contributed by atoms with Gasteiger partial charge in [0.15, 0.2) is 0 Å². The van der Waals surface area contributed by atoms with Crippen molar-refractivity contribution in [2.75, 3.05) is 13.1 Å². The lowest BCUT2D eigenvalue weighted by Crippen LogP contribution is -2.39. The number of amides is 1. The van der Waals surface area contributed by atoms with Crippen LogP contribution in [0.25, 0.3) is 10.8 Å². The zero-order valence-electron chi connectivity index (χ0n) is 18.1. The molecule has 2 heterocycles. The summed E-state index contributed by atoms with van der Waals surface area (Å²) in [5, 5.41) is 5.67. The van der Waals surface area contributed by atoms with Crippen molar-refractivity contribution >= 4 is 16.7 Å². The molecule has 2 bridgehead atoms. The van der Waals surface area contributed by atoms with Gasteiger partial charge in [0.1, 0.15) is 6.54 Å². The summed E-state index contributed by atoms with van der Waals surface area (Å²) in [6.07, 6.45) is 1.67. The minimum atomic E-state index is -0.210. The third kappa shape index (κ3) is 2.62. The van der Waals surface area contributed by atoms with Gasteiger partial charge in [0, 0.05) is 30.3 Å². The van der Waals surface area contributed by atoms with Gasteiger partial charge >= 0.3 is 0 Å². The average molecular weight is 434 g/mol. The lowest BCUT2D eigenvalue weighted by Gasteiger charge is -2.47. The number of fused-ring (bicyclic) bond motifs is 1. The van der Waals surface area contributed by atoms with Crippen molar-refractivity contribution < 1.29 is 4.79 Å². The molecule has 4 aliphatic rings. The number of hydrogen-bond donors (Lipinski definition) is 0. The van der Waals surface area contributed by atoms with Gasteiger partial charge in [-0.15, -0.1) is 0 Å². The summed E-state index contributed by atoms with van der Waals surface area (Å²) in [5.74, 6) is 1.44. The van der Waals surface area contributed by atoms with Gasteiger partial charge in [-0.05, 0) is 40.2 Å². The smallest absolute Gasteiger partial charge is 0.275 e. The topological polar surface area (TPSA) is 55.2 Å². The van der Waals surface area contributed by atoms with Crippen LogP contribution in [-0.2, 0) is 11.3 Å². The van der Waals surface area contributed by atoms with Gasteiger partial charge in [0.05, 0.1) is 11.6 Å². The van der Waals surface area contributed by atoms with E-state index in [1.165, 1.54) is 26.9 Å². The highest BCUT2D eigenvalue weighted by atomic mass is 16.2. The zero-order valence-corrected chi connectivity index (χ0v) is 18.1. The molecule has 3 aliphatic carbocycles. The molecule has 0 spiro atoms. The summed E-state index contributed by atoms with van der Waals surface area (Å²) < 4.78 is 1.31. The summed E-state index contributed by atoms with van der Waals surface area (Å²) in [5.41, 5.74) is 5.47. The molecule has 1 amide bonds. The van der Waals surface area contributed by atoms with Crippen LogP contribution in [0, 0.1) is 11.8 Å². The minimum Gasteiger partial charge on any atom is -0.340 e. The highest BCUT2D eigenvalue weighted by Gasteiger charge is 2.53. The van der Waals surface area contributed by atoms with Crippen LogP contribution in [0.4, 0.5) is 0 Å². The highest BCUT2D eigenvalue weighted by Crippen LogP contribution is 2.60. The molecule has 0 radical (unpaired) electrons. The molecule has 1 aliphatic heterocycles. The fraction of sp³-hybridized carbons (Fsp3) is 0.250. The van der Waals surface area contributed by atoms with Gasteiger partial charge in [0.2, 0.25) is 5.91 Å². The molecule has 2 atom stereocenters. The summed E-state index contributed by atoms with van der Waals surface area (Å²) in [7, 11) is 0. The number of benzene rings is 3. The van der Waals surface area contributed by atoms with E-state index in [1.807, 2.05) is 23.1 Å². The van der Waals surface area contributed by atoms with Gasteiger partial charge in [0.25, 0.3) is 5.56 Å². The van der Waals surface area contributed by atoms with Crippen LogP contribution in [-0.4, -0.2) is 33.7 Å². The number of rotatable bonds is 2. The Morgan fingerprint density at radius 1 is 0.788 bits per heavy atom. The van der Waals surface area contributed by atoms with E-state index >= 15 is 0 Å². The molecule has 1 fully saturated rings. The molecule has 5 heteroatoms. The number of aromatic nitrogens is 2. The first-order valence-corrected chi connectivity index (χ1v) is 11.6. The number of carbonyl (C=O) groups excluding carboxylic acids is 1. The quantitative estimate of drug-likeness (QED) is 0.484. The van der Waals surface area contributed by atoms with Crippen molar-refractivity contribution in [3.8, 4) is 0 Å². The number of likely N-dealkylation sites (tertiary alicyclic amines) is 1. The van der Waals surface area contributed by atoms with E-state index in [0.29, 0.717) is 29.1 Å². The van der Waals surface area contributed by atoms with Crippen molar-refractivity contribution in [3.05, 3.63) is 112 Å². The number of carbonyl (C=O) groups is 1. The first-order valence-electron chi connectivity index (χ1n) is 11.6. The monoisotopic (exact) mass is 433 g/mol. The Labute approximate surface area is 191 Å². The van der Waals surface area contributed by atoms with Crippen molar-refractivity contribution in [2.45, 2.75) is 18.4 Å². The zero-order chi connectivity index (χ0) is 22.1. The summed E-state index contributed by atoms with van der Waals surface area (Å²) in [6, 6.07) is 25.0. The molecule has 0 saturated carbocycles. The number of hydrogen-bond acceptors (Lipinski definition) is 3. The van der Waals surface area contributed by atoms with Crippen LogP contribution < -0.4 is 5.56 Å². The predicted octanol–water partition coefficient (Wildman–Crippen LogP) is 3.76. The summed E-state index contributed by atoms with van der Waals surface area (Å²) in [4.78, 5) is 28.2. The Morgan fingerprint density at radius 3 is 1.88 bits per heavy atom. The Balaban J connectivity index is 1.22. The van der Waals surface area contributed by atoms with Gasteiger partial charge in [-0.3, -0.25) is 9.59 Å². The van der Waals surface area contributed by atoms with E-state index in [-0.39, 0.29) is 18.0 Å². The first kappa shape index (κ1) is 18.8. The van der Waals surface area contributed by atoms with Gasteiger partial charge < -0.3 is 4.90 Å². The number of nitrogens with zero attached hydrogens (tertiary/aromatic N) is 3. The second-order valence-corrected chi connectivity index (χ2v) is 9.53. The summed E-state index contributed by atoms with van der Waals surface area (Å²) in [6.45, 7) is 1.45.